The summed E-state index contributed by atoms with van der Waals surface area (Å²) in [6.45, 7) is 6.76. The van der Waals surface area contributed by atoms with Gasteiger partial charge in [0.05, 0.1) is 17.9 Å². The molecule has 0 aliphatic carbocycles. The molecule has 1 amide bonds. The van der Waals surface area contributed by atoms with Crippen LogP contribution in [0.1, 0.15) is 30.1 Å². The molecule has 6 nitrogen and oxygen atoms in total. The third kappa shape index (κ3) is 3.57. The van der Waals surface area contributed by atoms with Crippen LogP contribution >= 0.6 is 0 Å². The van der Waals surface area contributed by atoms with Gasteiger partial charge in [0, 0.05) is 19.2 Å². The van der Waals surface area contributed by atoms with Gasteiger partial charge in [0.1, 0.15) is 23.0 Å². The van der Waals surface area contributed by atoms with E-state index in [1.165, 1.54) is 12.1 Å². The van der Waals surface area contributed by atoms with E-state index in [4.69, 9.17) is 9.15 Å². The van der Waals surface area contributed by atoms with E-state index in [1.807, 2.05) is 32.9 Å². The first-order chi connectivity index (χ1) is 13.4. The molecule has 3 heterocycles. The number of hydrogen-bond donors (Lipinski definition) is 0. The molecule has 0 bridgehead atoms. The summed E-state index contributed by atoms with van der Waals surface area (Å²) in [5, 5.41) is 4.57. The topological polar surface area (TPSA) is 60.5 Å². The number of aryl methyl sites for hydroxylation is 1. The van der Waals surface area contributed by atoms with Crippen molar-refractivity contribution in [2.24, 2.45) is 0 Å². The highest BCUT2D eigenvalue weighted by atomic mass is 19.1. The molecule has 146 valence electrons. The van der Waals surface area contributed by atoms with Crippen molar-refractivity contribution >= 4 is 5.91 Å². The number of carbonyl (C=O) groups is 1. The van der Waals surface area contributed by atoms with Crippen LogP contribution in [-0.2, 0) is 4.74 Å². The lowest BCUT2D eigenvalue weighted by Gasteiger charge is -2.35. The van der Waals surface area contributed by atoms with Gasteiger partial charge in [0.15, 0.2) is 5.76 Å². The van der Waals surface area contributed by atoms with Crippen LogP contribution in [0.3, 0.4) is 0 Å². The first kappa shape index (κ1) is 18.4. The number of carbonyl (C=O) groups excluding carboxylic acids is 1. The molecule has 2 unspecified atom stereocenters. The maximum absolute atomic E-state index is 13.4. The fourth-order valence-corrected chi connectivity index (χ4v) is 3.51. The molecule has 1 aliphatic rings. The van der Waals surface area contributed by atoms with Crippen molar-refractivity contribution in [2.75, 3.05) is 13.1 Å². The second-order valence-corrected chi connectivity index (χ2v) is 7.18. The van der Waals surface area contributed by atoms with Crippen molar-refractivity contribution in [2.45, 2.75) is 33.0 Å². The quantitative estimate of drug-likeness (QED) is 0.690. The van der Waals surface area contributed by atoms with Gasteiger partial charge < -0.3 is 14.1 Å². The Balaban J connectivity index is 1.76. The van der Waals surface area contributed by atoms with Crippen molar-refractivity contribution in [1.82, 2.24) is 14.7 Å². The fraction of sp³-hybridized carbons (Fsp3) is 0.333. The predicted molar refractivity (Wildman–Crippen MR) is 102 cm³/mol. The first-order valence-electron chi connectivity index (χ1n) is 9.28. The van der Waals surface area contributed by atoms with Gasteiger partial charge in [-0.3, -0.25) is 4.79 Å². The van der Waals surface area contributed by atoms with Crippen LogP contribution < -0.4 is 0 Å². The molecular weight excluding hydrogens is 361 g/mol. The van der Waals surface area contributed by atoms with Crippen LogP contribution in [0.2, 0.25) is 0 Å². The van der Waals surface area contributed by atoms with E-state index in [-0.39, 0.29) is 23.9 Å². The van der Waals surface area contributed by atoms with E-state index >= 15 is 0 Å². The Morgan fingerprint density at radius 2 is 1.79 bits per heavy atom. The monoisotopic (exact) mass is 383 g/mol. The van der Waals surface area contributed by atoms with Crippen LogP contribution in [-0.4, -0.2) is 45.9 Å². The van der Waals surface area contributed by atoms with Crippen LogP contribution in [0.4, 0.5) is 4.39 Å². The summed E-state index contributed by atoms with van der Waals surface area (Å²) in [5.41, 5.74) is 1.56. The maximum atomic E-state index is 13.4. The fourth-order valence-electron chi connectivity index (χ4n) is 3.51. The Hall–Kier alpha value is -2.93. The molecule has 2 atom stereocenters. The summed E-state index contributed by atoms with van der Waals surface area (Å²) >= 11 is 0. The smallest absolute Gasteiger partial charge is 0.272 e. The van der Waals surface area contributed by atoms with E-state index in [1.54, 1.807) is 27.8 Å². The molecule has 0 spiro atoms. The van der Waals surface area contributed by atoms with Gasteiger partial charge in [-0.1, -0.05) is 0 Å². The van der Waals surface area contributed by atoms with E-state index < -0.39 is 0 Å². The molecule has 4 rings (SSSR count). The van der Waals surface area contributed by atoms with Crippen molar-refractivity contribution in [3.8, 4) is 17.1 Å². The minimum atomic E-state index is -0.346. The third-order valence-corrected chi connectivity index (χ3v) is 4.70. The summed E-state index contributed by atoms with van der Waals surface area (Å²) < 4.78 is 26.3. The Kier molecular flexibility index (Phi) is 4.77. The van der Waals surface area contributed by atoms with E-state index in [2.05, 4.69) is 5.10 Å². The summed E-state index contributed by atoms with van der Waals surface area (Å²) in [6, 6.07) is 11.3. The number of morpholine rings is 1. The number of furan rings is 1. The lowest BCUT2D eigenvalue weighted by molar-refractivity contribution is -0.0588. The van der Waals surface area contributed by atoms with Gasteiger partial charge in [0.25, 0.3) is 5.91 Å². The molecule has 1 fully saturated rings. The molecule has 1 aromatic carbocycles. The Morgan fingerprint density at radius 1 is 1.11 bits per heavy atom. The van der Waals surface area contributed by atoms with Crippen LogP contribution in [0.5, 0.6) is 0 Å². The van der Waals surface area contributed by atoms with E-state index in [0.717, 1.165) is 5.76 Å². The highest BCUT2D eigenvalue weighted by Crippen LogP contribution is 2.25. The molecule has 2 aromatic heterocycles. The minimum absolute atomic E-state index is 0.0397. The van der Waals surface area contributed by atoms with Crippen LogP contribution in [0, 0.1) is 12.7 Å². The molecule has 0 N–H and O–H groups in total. The molecule has 3 aromatic rings. The molecule has 28 heavy (non-hydrogen) atoms. The Bertz CT molecular complexity index is 983. The molecule has 1 saturated heterocycles. The molecule has 1 aliphatic heterocycles. The number of ether oxygens (including phenoxy) is 1. The first-order valence-corrected chi connectivity index (χ1v) is 9.28. The number of aromatic nitrogens is 2. The van der Waals surface area contributed by atoms with Crippen molar-refractivity contribution in [1.29, 1.82) is 0 Å². The van der Waals surface area contributed by atoms with Crippen LogP contribution in [0.25, 0.3) is 17.1 Å². The number of benzene rings is 1. The Labute approximate surface area is 162 Å². The second-order valence-electron chi connectivity index (χ2n) is 7.18. The van der Waals surface area contributed by atoms with Crippen molar-refractivity contribution in [3.05, 3.63) is 59.7 Å². The van der Waals surface area contributed by atoms with Gasteiger partial charge in [0.2, 0.25) is 0 Å². The van der Waals surface area contributed by atoms with E-state index in [0.29, 0.717) is 35.9 Å². The molecular formula is C21H22FN3O3. The zero-order chi connectivity index (χ0) is 19.8. The lowest BCUT2D eigenvalue weighted by atomic mass is 10.2. The number of nitrogens with zero attached hydrogens (tertiary/aromatic N) is 3. The highest BCUT2D eigenvalue weighted by Gasteiger charge is 2.29. The number of hydrogen-bond acceptors (Lipinski definition) is 4. The SMILES string of the molecule is Cc1ccc(-c2cc(C(=O)N3CC(C)OC(C)C3)n(-c3ccc(F)cc3)n2)o1. The number of amides is 1. The van der Waals surface area contributed by atoms with Gasteiger partial charge in [-0.05, 0) is 57.2 Å². The molecule has 0 radical (unpaired) electrons. The summed E-state index contributed by atoms with van der Waals surface area (Å²) in [6.07, 6.45) is -0.0795. The third-order valence-electron chi connectivity index (χ3n) is 4.70. The normalized spacial score (nSPS) is 19.8. The Morgan fingerprint density at radius 3 is 2.39 bits per heavy atom. The zero-order valence-corrected chi connectivity index (χ0v) is 16.1. The van der Waals surface area contributed by atoms with Crippen molar-refractivity contribution < 1.29 is 18.3 Å². The summed E-state index contributed by atoms with van der Waals surface area (Å²) in [4.78, 5) is 15.1. The van der Waals surface area contributed by atoms with Crippen molar-refractivity contribution in [3.63, 3.8) is 0 Å². The zero-order valence-electron chi connectivity index (χ0n) is 16.1. The highest BCUT2D eigenvalue weighted by molar-refractivity contribution is 5.94. The minimum Gasteiger partial charge on any atom is -0.460 e. The van der Waals surface area contributed by atoms with Gasteiger partial charge in [-0.2, -0.15) is 5.10 Å². The van der Waals surface area contributed by atoms with Gasteiger partial charge in [-0.15, -0.1) is 0 Å². The lowest BCUT2D eigenvalue weighted by Crippen LogP contribution is -2.48. The molecule has 0 saturated carbocycles. The average molecular weight is 383 g/mol. The molecule has 7 heteroatoms. The second kappa shape index (κ2) is 7.24. The van der Waals surface area contributed by atoms with Crippen LogP contribution in [0.15, 0.2) is 46.9 Å². The predicted octanol–water partition coefficient (Wildman–Crippen LogP) is 3.83. The average Bonchev–Trinajstić information content (AvgIpc) is 3.27. The van der Waals surface area contributed by atoms with E-state index in [9.17, 15) is 9.18 Å². The number of halogens is 1. The largest absolute Gasteiger partial charge is 0.460 e. The maximum Gasteiger partial charge on any atom is 0.272 e. The summed E-state index contributed by atoms with van der Waals surface area (Å²) in [7, 11) is 0. The van der Waals surface area contributed by atoms with Gasteiger partial charge in [-0.25, -0.2) is 9.07 Å². The van der Waals surface area contributed by atoms with Gasteiger partial charge >= 0.3 is 0 Å². The summed E-state index contributed by atoms with van der Waals surface area (Å²) in [5.74, 6) is 0.848. The standard InChI is InChI=1S/C21H22FN3O3/c1-13-4-9-20(28-13)18-10-19(21(26)24-11-14(2)27-15(3)12-24)25(23-18)17-7-5-16(22)6-8-17/h4-10,14-15H,11-12H2,1-3H3. The number of rotatable bonds is 3.